The van der Waals surface area contributed by atoms with Crippen LogP contribution in [-0.4, -0.2) is 17.0 Å². The lowest BCUT2D eigenvalue weighted by Crippen LogP contribution is -2.54. The zero-order chi connectivity index (χ0) is 17.1. The van der Waals surface area contributed by atoms with Crippen molar-refractivity contribution in [2.24, 2.45) is 46.3 Å². The summed E-state index contributed by atoms with van der Waals surface area (Å²) in [6.07, 6.45) is 12.1. The first-order chi connectivity index (χ1) is 11.4. The highest BCUT2D eigenvalue weighted by Crippen LogP contribution is 2.68. The monoisotopic (exact) mass is 350 g/mol. The van der Waals surface area contributed by atoms with Crippen molar-refractivity contribution in [3.05, 3.63) is 0 Å². The van der Waals surface area contributed by atoms with Gasteiger partial charge in [-0.1, -0.05) is 20.8 Å². The van der Waals surface area contributed by atoms with Gasteiger partial charge in [0.25, 0.3) is 0 Å². The van der Waals surface area contributed by atoms with Crippen molar-refractivity contribution < 1.29 is 5.11 Å². The van der Waals surface area contributed by atoms with Crippen LogP contribution in [0.15, 0.2) is 0 Å². The predicted octanol–water partition coefficient (Wildman–Crippen LogP) is 5.57. The number of aliphatic hydroxyl groups excluding tert-OH is 1. The van der Waals surface area contributed by atoms with E-state index in [0.29, 0.717) is 10.8 Å². The summed E-state index contributed by atoms with van der Waals surface area (Å²) in [6.45, 7) is 7.69. The van der Waals surface area contributed by atoms with Crippen LogP contribution in [0.4, 0.5) is 0 Å². The topological polar surface area (TPSA) is 20.2 Å². The molecule has 1 N–H and O–H groups in total. The molecule has 0 aromatic heterocycles. The zero-order valence-electron chi connectivity index (χ0n) is 16.0. The number of hydrogen-bond donors (Lipinski definition) is 2. The Morgan fingerprint density at radius 3 is 2.42 bits per heavy atom. The Morgan fingerprint density at radius 2 is 1.67 bits per heavy atom. The molecule has 0 aromatic rings. The summed E-state index contributed by atoms with van der Waals surface area (Å²) in [6, 6.07) is 0. The minimum absolute atomic E-state index is 0.0134. The normalized spacial score (nSPS) is 55.4. The van der Waals surface area contributed by atoms with Crippen LogP contribution >= 0.6 is 12.6 Å². The third-order valence-electron chi connectivity index (χ3n) is 9.69. The smallest absolute Gasteiger partial charge is 0.0543 e. The molecule has 0 saturated heterocycles. The van der Waals surface area contributed by atoms with Crippen molar-refractivity contribution in [3.63, 3.8) is 0 Å². The van der Waals surface area contributed by atoms with Crippen LogP contribution in [0.5, 0.6) is 0 Å². The van der Waals surface area contributed by atoms with Crippen LogP contribution in [-0.2, 0) is 0 Å². The zero-order valence-corrected chi connectivity index (χ0v) is 16.9. The molecule has 4 aliphatic carbocycles. The summed E-state index contributed by atoms with van der Waals surface area (Å²) < 4.78 is 0. The molecule has 4 fully saturated rings. The van der Waals surface area contributed by atoms with Gasteiger partial charge in [-0.2, -0.15) is 12.6 Å². The van der Waals surface area contributed by atoms with Gasteiger partial charge in [0, 0.05) is 0 Å². The summed E-state index contributed by atoms with van der Waals surface area (Å²) in [5.74, 6) is 6.40. The van der Waals surface area contributed by atoms with E-state index in [9.17, 15) is 5.11 Å². The van der Waals surface area contributed by atoms with E-state index in [1.54, 1.807) is 0 Å². The first-order valence-electron chi connectivity index (χ1n) is 10.7. The molecule has 2 heteroatoms. The van der Waals surface area contributed by atoms with Crippen LogP contribution in [0.1, 0.15) is 78.6 Å². The Bertz CT molecular complexity index is 479. The van der Waals surface area contributed by atoms with E-state index < -0.39 is 0 Å². The van der Waals surface area contributed by atoms with Crippen molar-refractivity contribution in [2.75, 3.05) is 5.75 Å². The second-order valence-electron chi connectivity index (χ2n) is 10.5. The van der Waals surface area contributed by atoms with Gasteiger partial charge in [0.1, 0.15) is 0 Å². The molecule has 0 heterocycles. The van der Waals surface area contributed by atoms with Gasteiger partial charge in [0.2, 0.25) is 0 Å². The maximum Gasteiger partial charge on any atom is 0.0543 e. The minimum atomic E-state index is -0.0134. The first-order valence-corrected chi connectivity index (χ1v) is 11.3. The fourth-order valence-corrected chi connectivity index (χ4v) is 8.59. The molecule has 0 amide bonds. The molecule has 4 aliphatic rings. The average molecular weight is 351 g/mol. The lowest BCUT2D eigenvalue weighted by Gasteiger charge is -2.61. The molecule has 4 saturated carbocycles. The highest BCUT2D eigenvalue weighted by Gasteiger charge is 2.60. The van der Waals surface area contributed by atoms with Crippen LogP contribution in [0.2, 0.25) is 0 Å². The highest BCUT2D eigenvalue weighted by atomic mass is 32.1. The number of thiol groups is 1. The molecule has 5 unspecified atom stereocenters. The van der Waals surface area contributed by atoms with Crippen LogP contribution in [0.25, 0.3) is 0 Å². The lowest BCUT2D eigenvalue weighted by molar-refractivity contribution is -0.128. The Hall–Kier alpha value is 0.310. The molecule has 0 bridgehead atoms. The second kappa shape index (κ2) is 6.19. The Kier molecular flexibility index (Phi) is 4.56. The molecule has 1 nitrogen and oxygen atoms in total. The number of fused-ring (bicyclic) bond motifs is 5. The third kappa shape index (κ3) is 2.45. The molecule has 0 spiro atoms. The Morgan fingerprint density at radius 1 is 0.958 bits per heavy atom. The van der Waals surface area contributed by atoms with Gasteiger partial charge in [-0.05, 0) is 110 Å². The van der Waals surface area contributed by atoms with E-state index in [4.69, 9.17) is 0 Å². The minimum Gasteiger partial charge on any atom is -0.393 e. The van der Waals surface area contributed by atoms with Gasteiger partial charge in [0.15, 0.2) is 0 Å². The van der Waals surface area contributed by atoms with E-state index >= 15 is 0 Å². The molecule has 0 radical (unpaired) electrons. The first kappa shape index (κ1) is 17.7. The summed E-state index contributed by atoms with van der Waals surface area (Å²) in [5.41, 5.74) is 1.11. The fourth-order valence-electron chi connectivity index (χ4n) is 8.34. The quantitative estimate of drug-likeness (QED) is 0.624. The van der Waals surface area contributed by atoms with Crippen LogP contribution < -0.4 is 0 Å². The Labute approximate surface area is 154 Å². The van der Waals surface area contributed by atoms with Crippen molar-refractivity contribution in [3.8, 4) is 0 Å². The number of aliphatic hydroxyl groups is 1. The SMILES string of the molecule is C[C@H](CS)C1CCC2C3CCC4C[C@@H](O)CC[C@]4(C)C3CC[C@@]21C. The molecular weight excluding hydrogens is 312 g/mol. The van der Waals surface area contributed by atoms with Crippen molar-refractivity contribution in [2.45, 2.75) is 84.7 Å². The van der Waals surface area contributed by atoms with Gasteiger partial charge in [-0.25, -0.2) is 0 Å². The molecule has 4 rings (SSSR count). The van der Waals surface area contributed by atoms with Gasteiger partial charge in [0.05, 0.1) is 6.10 Å². The summed E-state index contributed by atoms with van der Waals surface area (Å²) in [7, 11) is 0. The maximum atomic E-state index is 10.2. The van der Waals surface area contributed by atoms with Gasteiger partial charge in [-0.15, -0.1) is 0 Å². The van der Waals surface area contributed by atoms with Crippen LogP contribution in [0.3, 0.4) is 0 Å². The average Bonchev–Trinajstić information content (AvgIpc) is 2.92. The molecule has 0 aliphatic heterocycles. The van der Waals surface area contributed by atoms with E-state index in [-0.39, 0.29) is 6.10 Å². The third-order valence-corrected chi connectivity index (χ3v) is 10.3. The van der Waals surface area contributed by atoms with E-state index in [0.717, 1.165) is 54.1 Å². The van der Waals surface area contributed by atoms with Gasteiger partial charge < -0.3 is 5.11 Å². The Balaban J connectivity index is 1.59. The van der Waals surface area contributed by atoms with E-state index in [1.165, 1.54) is 44.9 Å². The van der Waals surface area contributed by atoms with E-state index in [2.05, 4.69) is 33.4 Å². The van der Waals surface area contributed by atoms with Crippen LogP contribution in [0, 0.1) is 46.3 Å². The largest absolute Gasteiger partial charge is 0.393 e. The molecular formula is C22H38OS. The summed E-state index contributed by atoms with van der Waals surface area (Å²) in [4.78, 5) is 0. The summed E-state index contributed by atoms with van der Waals surface area (Å²) in [5, 5.41) is 10.2. The number of rotatable bonds is 2. The van der Waals surface area contributed by atoms with Crippen molar-refractivity contribution >= 4 is 12.6 Å². The number of hydrogen-bond acceptors (Lipinski definition) is 2. The molecule has 9 atom stereocenters. The molecule has 138 valence electrons. The maximum absolute atomic E-state index is 10.2. The summed E-state index contributed by atoms with van der Waals surface area (Å²) >= 11 is 4.64. The lowest BCUT2D eigenvalue weighted by atomic mass is 9.44. The molecule has 24 heavy (non-hydrogen) atoms. The van der Waals surface area contributed by atoms with E-state index in [1.807, 2.05) is 0 Å². The van der Waals surface area contributed by atoms with Crippen molar-refractivity contribution in [1.82, 2.24) is 0 Å². The van der Waals surface area contributed by atoms with Gasteiger partial charge >= 0.3 is 0 Å². The standard InChI is InChI=1S/C22H38OS/c1-14(13-24)18-6-7-19-17-5-4-15-12-16(23)8-10-21(15,2)20(17)9-11-22(18,19)3/h14-20,23-24H,4-13H2,1-3H3/t14-,15?,16+,17?,18?,19?,20?,21+,22-/m1/s1. The highest BCUT2D eigenvalue weighted by molar-refractivity contribution is 7.80. The molecule has 0 aromatic carbocycles. The van der Waals surface area contributed by atoms with Crippen molar-refractivity contribution in [1.29, 1.82) is 0 Å². The second-order valence-corrected chi connectivity index (χ2v) is 10.8. The fraction of sp³-hybridized carbons (Fsp3) is 1.00. The predicted molar refractivity (Wildman–Crippen MR) is 104 cm³/mol. The van der Waals surface area contributed by atoms with Gasteiger partial charge in [-0.3, -0.25) is 0 Å².